The third-order valence-corrected chi connectivity index (χ3v) is 5.15. The minimum atomic E-state index is -0.977. The van der Waals surface area contributed by atoms with Crippen molar-refractivity contribution in [3.63, 3.8) is 0 Å². The molecule has 0 radical (unpaired) electrons. The molecule has 1 saturated heterocycles. The number of likely N-dealkylation sites (tertiary alicyclic amines) is 1. The molecule has 1 fully saturated rings. The van der Waals surface area contributed by atoms with E-state index in [0.29, 0.717) is 32.4 Å². The number of amides is 1. The van der Waals surface area contributed by atoms with Crippen LogP contribution in [0.4, 0.5) is 0 Å². The predicted molar refractivity (Wildman–Crippen MR) is 98.7 cm³/mol. The van der Waals surface area contributed by atoms with E-state index in [0.717, 1.165) is 5.56 Å². The molecule has 6 nitrogen and oxygen atoms in total. The van der Waals surface area contributed by atoms with E-state index in [2.05, 4.69) is 11.9 Å². The quantitative estimate of drug-likeness (QED) is 0.887. The molecule has 1 amide bonds. The van der Waals surface area contributed by atoms with Crippen molar-refractivity contribution in [2.24, 2.45) is 0 Å². The van der Waals surface area contributed by atoms with E-state index in [1.54, 1.807) is 0 Å². The van der Waals surface area contributed by atoms with E-state index >= 15 is 0 Å². The Morgan fingerprint density at radius 1 is 1.23 bits per heavy atom. The molecule has 2 aromatic rings. The number of aromatic nitrogens is 2. The number of piperidine rings is 1. The maximum Gasteiger partial charge on any atom is 0.253 e. The highest BCUT2D eigenvalue weighted by Crippen LogP contribution is 2.26. The molecule has 3 rings (SSSR count). The van der Waals surface area contributed by atoms with Crippen molar-refractivity contribution in [2.75, 3.05) is 13.1 Å². The van der Waals surface area contributed by atoms with E-state index in [9.17, 15) is 14.7 Å². The van der Waals surface area contributed by atoms with Gasteiger partial charge < -0.3 is 10.0 Å². The van der Waals surface area contributed by atoms with Crippen molar-refractivity contribution < 1.29 is 9.90 Å². The van der Waals surface area contributed by atoms with Gasteiger partial charge in [-0.1, -0.05) is 37.3 Å². The lowest BCUT2D eigenvalue weighted by Gasteiger charge is -2.38. The lowest BCUT2D eigenvalue weighted by atomic mass is 9.90. The maximum atomic E-state index is 12.6. The van der Waals surface area contributed by atoms with Gasteiger partial charge in [-0.05, 0) is 24.3 Å². The number of hydrogen-bond acceptors (Lipinski definition) is 4. The van der Waals surface area contributed by atoms with E-state index in [1.807, 2.05) is 35.2 Å². The lowest BCUT2D eigenvalue weighted by molar-refractivity contribution is -0.136. The van der Waals surface area contributed by atoms with Gasteiger partial charge in [0.15, 0.2) is 0 Å². The minimum absolute atomic E-state index is 0.113. The molecule has 1 aromatic heterocycles. The van der Waals surface area contributed by atoms with Gasteiger partial charge in [-0.15, -0.1) is 0 Å². The van der Waals surface area contributed by atoms with E-state index in [1.165, 1.54) is 23.2 Å². The van der Waals surface area contributed by atoms with Crippen LogP contribution < -0.4 is 5.56 Å². The fourth-order valence-corrected chi connectivity index (χ4v) is 3.44. The summed E-state index contributed by atoms with van der Waals surface area (Å²) in [4.78, 5) is 30.1. The Balaban J connectivity index is 1.55. The standard InChI is InChI=1S/C20H25N3O3/c1-16(17-5-3-2-4-6-17)13-19(25)22-11-8-20(26,9-12-22)14-23-15-21-10-7-18(23)24/h2-7,10,15-16,26H,8-9,11-14H2,1H3. The highest BCUT2D eigenvalue weighted by molar-refractivity contribution is 5.77. The summed E-state index contributed by atoms with van der Waals surface area (Å²) in [5.41, 5.74) is 0.00300. The number of carbonyl (C=O) groups is 1. The van der Waals surface area contributed by atoms with Crippen molar-refractivity contribution in [3.8, 4) is 0 Å². The van der Waals surface area contributed by atoms with Crippen LogP contribution in [0.5, 0.6) is 0 Å². The van der Waals surface area contributed by atoms with Gasteiger partial charge in [0.25, 0.3) is 5.56 Å². The first-order valence-electron chi connectivity index (χ1n) is 9.02. The van der Waals surface area contributed by atoms with Crippen molar-refractivity contribution >= 4 is 5.91 Å². The zero-order valence-corrected chi connectivity index (χ0v) is 15.0. The summed E-state index contributed by atoms with van der Waals surface area (Å²) in [6.45, 7) is 3.28. The van der Waals surface area contributed by atoms with E-state index in [-0.39, 0.29) is 23.9 Å². The van der Waals surface area contributed by atoms with Crippen LogP contribution in [0.3, 0.4) is 0 Å². The molecule has 26 heavy (non-hydrogen) atoms. The molecule has 0 aliphatic carbocycles. The Morgan fingerprint density at radius 2 is 1.92 bits per heavy atom. The van der Waals surface area contributed by atoms with Crippen molar-refractivity contribution in [1.29, 1.82) is 0 Å². The first-order valence-corrected chi connectivity index (χ1v) is 9.02. The number of carbonyl (C=O) groups excluding carboxylic acids is 1. The number of benzene rings is 1. The first kappa shape index (κ1) is 18.3. The molecular formula is C20H25N3O3. The van der Waals surface area contributed by atoms with Gasteiger partial charge in [0.1, 0.15) is 0 Å². The van der Waals surface area contributed by atoms with Crippen molar-refractivity contribution in [2.45, 2.75) is 44.2 Å². The Hall–Kier alpha value is -2.47. The summed E-state index contributed by atoms with van der Waals surface area (Å²) in [5.74, 6) is 0.278. The lowest BCUT2D eigenvalue weighted by Crippen LogP contribution is -2.49. The molecule has 1 aliphatic heterocycles. The highest BCUT2D eigenvalue weighted by Gasteiger charge is 2.34. The van der Waals surface area contributed by atoms with Gasteiger partial charge in [0, 0.05) is 31.8 Å². The Morgan fingerprint density at radius 3 is 2.58 bits per heavy atom. The maximum absolute atomic E-state index is 12.6. The molecule has 1 aromatic carbocycles. The monoisotopic (exact) mass is 355 g/mol. The van der Waals surface area contributed by atoms with Gasteiger partial charge in [0.2, 0.25) is 5.91 Å². The largest absolute Gasteiger partial charge is 0.388 e. The number of nitrogens with zero attached hydrogens (tertiary/aromatic N) is 3. The van der Waals surface area contributed by atoms with Crippen LogP contribution in [0.15, 0.2) is 53.7 Å². The summed E-state index contributed by atoms with van der Waals surface area (Å²) < 4.78 is 1.43. The Bertz CT molecular complexity index is 795. The number of hydrogen-bond donors (Lipinski definition) is 1. The minimum Gasteiger partial charge on any atom is -0.388 e. The zero-order valence-electron chi connectivity index (χ0n) is 15.0. The second-order valence-corrected chi connectivity index (χ2v) is 7.17. The molecule has 1 aliphatic rings. The second-order valence-electron chi connectivity index (χ2n) is 7.17. The topological polar surface area (TPSA) is 75.4 Å². The number of rotatable bonds is 5. The molecule has 2 heterocycles. The molecule has 0 bridgehead atoms. The van der Waals surface area contributed by atoms with Crippen molar-refractivity contribution in [1.82, 2.24) is 14.5 Å². The van der Waals surface area contributed by atoms with Gasteiger partial charge in [0.05, 0.1) is 18.5 Å². The van der Waals surface area contributed by atoms with Crippen LogP contribution >= 0.6 is 0 Å². The fourth-order valence-electron chi connectivity index (χ4n) is 3.44. The molecule has 1 N–H and O–H groups in total. The van der Waals surface area contributed by atoms with Crippen LogP contribution in [0, 0.1) is 0 Å². The summed E-state index contributed by atoms with van der Waals surface area (Å²) >= 11 is 0. The van der Waals surface area contributed by atoms with Gasteiger partial charge >= 0.3 is 0 Å². The normalized spacial score (nSPS) is 17.7. The Labute approximate surface area is 153 Å². The van der Waals surface area contributed by atoms with Crippen LogP contribution in [-0.4, -0.2) is 44.2 Å². The van der Waals surface area contributed by atoms with Gasteiger partial charge in [-0.3, -0.25) is 14.2 Å². The molecule has 138 valence electrons. The third kappa shape index (κ3) is 4.38. The SMILES string of the molecule is CC(CC(=O)N1CCC(O)(Cn2cnccc2=O)CC1)c1ccccc1. The summed E-state index contributed by atoms with van der Waals surface area (Å²) in [6.07, 6.45) is 4.27. The predicted octanol–water partition coefficient (Wildman–Crippen LogP) is 1.79. The molecule has 6 heteroatoms. The van der Waals surface area contributed by atoms with Gasteiger partial charge in [-0.2, -0.15) is 0 Å². The first-order chi connectivity index (χ1) is 12.5. The fraction of sp³-hybridized carbons (Fsp3) is 0.450. The van der Waals surface area contributed by atoms with E-state index in [4.69, 9.17) is 0 Å². The molecule has 1 atom stereocenters. The number of aliphatic hydroxyl groups is 1. The average molecular weight is 355 g/mol. The van der Waals surface area contributed by atoms with E-state index < -0.39 is 5.60 Å². The average Bonchev–Trinajstić information content (AvgIpc) is 2.65. The Kier molecular flexibility index (Phi) is 5.52. The van der Waals surface area contributed by atoms with Crippen LogP contribution in [-0.2, 0) is 11.3 Å². The van der Waals surface area contributed by atoms with Crippen molar-refractivity contribution in [3.05, 3.63) is 64.8 Å². The zero-order chi connectivity index (χ0) is 18.6. The molecule has 1 unspecified atom stereocenters. The third-order valence-electron chi connectivity index (χ3n) is 5.15. The molecule has 0 spiro atoms. The molecular weight excluding hydrogens is 330 g/mol. The summed E-state index contributed by atoms with van der Waals surface area (Å²) in [5, 5.41) is 10.8. The highest BCUT2D eigenvalue weighted by atomic mass is 16.3. The summed E-state index contributed by atoms with van der Waals surface area (Å²) in [6, 6.07) is 11.4. The molecule has 0 saturated carbocycles. The summed E-state index contributed by atoms with van der Waals surface area (Å²) in [7, 11) is 0. The second kappa shape index (κ2) is 7.83. The smallest absolute Gasteiger partial charge is 0.253 e. The van der Waals surface area contributed by atoms with Crippen LogP contribution in [0.2, 0.25) is 0 Å². The van der Waals surface area contributed by atoms with Gasteiger partial charge in [-0.25, -0.2) is 4.98 Å². The van der Waals surface area contributed by atoms with Crippen LogP contribution in [0.1, 0.15) is 37.7 Å². The van der Waals surface area contributed by atoms with Crippen LogP contribution in [0.25, 0.3) is 0 Å².